The maximum Gasteiger partial charge on any atom is 0.0354 e. The maximum absolute atomic E-state index is 3.53. The fourth-order valence-electron chi connectivity index (χ4n) is 3.09. The molecule has 1 aliphatic carbocycles. The second kappa shape index (κ2) is 5.33. The Morgan fingerprint density at radius 2 is 2.25 bits per heavy atom. The first-order valence-corrected chi connectivity index (χ1v) is 7.31. The number of hydrogen-bond donors (Lipinski definition) is 1. The van der Waals surface area contributed by atoms with E-state index in [-0.39, 0.29) is 0 Å². The summed E-state index contributed by atoms with van der Waals surface area (Å²) < 4.78 is 0. The molecule has 1 aromatic heterocycles. The Labute approximate surface area is 103 Å². The molecule has 16 heavy (non-hydrogen) atoms. The van der Waals surface area contributed by atoms with Gasteiger partial charge in [0, 0.05) is 10.9 Å². The third kappa shape index (κ3) is 2.67. The second-order valence-corrected chi connectivity index (χ2v) is 6.40. The summed E-state index contributed by atoms with van der Waals surface area (Å²) in [6, 6.07) is 2.93. The largest absolute Gasteiger partial charge is 0.313 e. The van der Waals surface area contributed by atoms with Crippen LogP contribution in [-0.2, 0) is 0 Å². The summed E-state index contributed by atoms with van der Waals surface area (Å²) in [4.78, 5) is 1.43. The smallest absolute Gasteiger partial charge is 0.0354 e. The fourth-order valence-corrected chi connectivity index (χ4v) is 3.83. The van der Waals surface area contributed by atoms with Crippen LogP contribution in [0.1, 0.15) is 49.1 Å². The van der Waals surface area contributed by atoms with Crippen LogP contribution in [0.3, 0.4) is 0 Å². The van der Waals surface area contributed by atoms with Crippen molar-refractivity contribution in [1.29, 1.82) is 0 Å². The third-order valence-corrected chi connectivity index (χ3v) is 4.75. The van der Waals surface area contributed by atoms with E-state index in [1.54, 1.807) is 0 Å². The predicted molar refractivity (Wildman–Crippen MR) is 72.0 cm³/mol. The van der Waals surface area contributed by atoms with Gasteiger partial charge < -0.3 is 5.32 Å². The highest BCUT2D eigenvalue weighted by atomic mass is 32.1. The molecule has 0 aliphatic heterocycles. The molecule has 3 atom stereocenters. The van der Waals surface area contributed by atoms with Crippen LogP contribution in [0.4, 0.5) is 0 Å². The molecule has 1 nitrogen and oxygen atoms in total. The maximum atomic E-state index is 3.53. The Balaban J connectivity index is 2.09. The van der Waals surface area contributed by atoms with E-state index in [1.807, 2.05) is 11.3 Å². The van der Waals surface area contributed by atoms with E-state index in [9.17, 15) is 0 Å². The zero-order chi connectivity index (χ0) is 11.5. The van der Waals surface area contributed by atoms with E-state index in [2.05, 4.69) is 37.7 Å². The first-order valence-electron chi connectivity index (χ1n) is 6.43. The zero-order valence-electron chi connectivity index (χ0n) is 10.6. The van der Waals surface area contributed by atoms with Crippen molar-refractivity contribution >= 4 is 11.3 Å². The van der Waals surface area contributed by atoms with E-state index in [1.165, 1.54) is 36.1 Å². The lowest BCUT2D eigenvalue weighted by Gasteiger charge is -2.33. The molecule has 2 rings (SSSR count). The predicted octanol–water partition coefficient (Wildman–Crippen LogP) is 4.14. The van der Waals surface area contributed by atoms with Gasteiger partial charge in [0.15, 0.2) is 0 Å². The molecule has 1 aliphatic rings. The Morgan fingerprint density at radius 1 is 1.44 bits per heavy atom. The van der Waals surface area contributed by atoms with Gasteiger partial charge in [0.2, 0.25) is 0 Å². The van der Waals surface area contributed by atoms with Gasteiger partial charge in [-0.1, -0.05) is 19.8 Å². The van der Waals surface area contributed by atoms with Crippen LogP contribution >= 0.6 is 11.3 Å². The summed E-state index contributed by atoms with van der Waals surface area (Å²) in [7, 11) is 2.11. The lowest BCUT2D eigenvalue weighted by molar-refractivity contribution is 0.230. The van der Waals surface area contributed by atoms with Gasteiger partial charge in [-0.3, -0.25) is 0 Å². The summed E-state index contributed by atoms with van der Waals surface area (Å²) >= 11 is 1.87. The molecule has 0 radical (unpaired) electrons. The van der Waals surface area contributed by atoms with Crippen molar-refractivity contribution in [3.63, 3.8) is 0 Å². The molecule has 1 heterocycles. The molecule has 0 bridgehead atoms. The molecular weight excluding hydrogens is 214 g/mol. The molecule has 0 saturated heterocycles. The summed E-state index contributed by atoms with van der Waals surface area (Å²) in [6.07, 6.45) is 5.62. The standard InChI is InChI=1S/C14H23NS/c1-10-5-4-6-12(7-10)14(15-3)13-8-11(2)16-9-13/h8-10,12,14-15H,4-7H2,1-3H3. The molecule has 90 valence electrons. The van der Waals surface area contributed by atoms with Crippen LogP contribution in [0.2, 0.25) is 0 Å². The number of thiophene rings is 1. The lowest BCUT2D eigenvalue weighted by Crippen LogP contribution is -2.28. The van der Waals surface area contributed by atoms with Gasteiger partial charge >= 0.3 is 0 Å². The average molecular weight is 237 g/mol. The van der Waals surface area contributed by atoms with Gasteiger partial charge in [-0.2, -0.15) is 0 Å². The number of aryl methyl sites for hydroxylation is 1. The van der Waals surface area contributed by atoms with Crippen molar-refractivity contribution in [2.24, 2.45) is 11.8 Å². The Hall–Kier alpha value is -0.340. The fraction of sp³-hybridized carbons (Fsp3) is 0.714. The molecule has 3 unspecified atom stereocenters. The van der Waals surface area contributed by atoms with E-state index >= 15 is 0 Å². The summed E-state index contributed by atoms with van der Waals surface area (Å²) in [6.45, 7) is 4.60. The van der Waals surface area contributed by atoms with Crippen LogP contribution < -0.4 is 5.32 Å². The number of hydrogen-bond acceptors (Lipinski definition) is 2. The Bertz CT molecular complexity index is 331. The highest BCUT2D eigenvalue weighted by Crippen LogP contribution is 2.37. The van der Waals surface area contributed by atoms with Crippen molar-refractivity contribution < 1.29 is 0 Å². The van der Waals surface area contributed by atoms with Gasteiger partial charge in [-0.25, -0.2) is 0 Å². The summed E-state index contributed by atoms with van der Waals surface area (Å²) in [5, 5.41) is 5.86. The molecule has 1 aromatic rings. The van der Waals surface area contributed by atoms with E-state index in [4.69, 9.17) is 0 Å². The quantitative estimate of drug-likeness (QED) is 0.833. The van der Waals surface area contributed by atoms with Gasteiger partial charge in [-0.05, 0) is 55.7 Å². The van der Waals surface area contributed by atoms with Crippen molar-refractivity contribution in [2.45, 2.75) is 45.6 Å². The molecule has 2 heteroatoms. The Morgan fingerprint density at radius 3 is 2.81 bits per heavy atom. The molecule has 1 N–H and O–H groups in total. The Kier molecular flexibility index (Phi) is 4.04. The SMILES string of the molecule is CNC(c1csc(C)c1)C1CCCC(C)C1. The third-order valence-electron chi connectivity index (χ3n) is 3.87. The van der Waals surface area contributed by atoms with Crippen molar-refractivity contribution in [1.82, 2.24) is 5.32 Å². The van der Waals surface area contributed by atoms with E-state index in [0.29, 0.717) is 6.04 Å². The zero-order valence-corrected chi connectivity index (χ0v) is 11.4. The first kappa shape index (κ1) is 12.1. The normalized spacial score (nSPS) is 27.9. The lowest BCUT2D eigenvalue weighted by atomic mass is 9.77. The van der Waals surface area contributed by atoms with Crippen LogP contribution in [0.15, 0.2) is 11.4 Å². The molecule has 0 spiro atoms. The topological polar surface area (TPSA) is 12.0 Å². The van der Waals surface area contributed by atoms with Gasteiger partial charge in [0.1, 0.15) is 0 Å². The number of nitrogens with one attached hydrogen (secondary N) is 1. The average Bonchev–Trinajstić information content (AvgIpc) is 2.66. The van der Waals surface area contributed by atoms with Crippen molar-refractivity contribution in [3.8, 4) is 0 Å². The van der Waals surface area contributed by atoms with E-state index < -0.39 is 0 Å². The minimum absolute atomic E-state index is 0.577. The van der Waals surface area contributed by atoms with Gasteiger partial charge in [-0.15, -0.1) is 11.3 Å². The minimum Gasteiger partial charge on any atom is -0.313 e. The highest BCUT2D eigenvalue weighted by molar-refractivity contribution is 7.10. The molecule has 1 saturated carbocycles. The van der Waals surface area contributed by atoms with Crippen molar-refractivity contribution in [2.75, 3.05) is 7.05 Å². The highest BCUT2D eigenvalue weighted by Gasteiger charge is 2.27. The van der Waals surface area contributed by atoms with Crippen LogP contribution in [0.25, 0.3) is 0 Å². The molecule has 1 fully saturated rings. The second-order valence-electron chi connectivity index (χ2n) is 5.29. The van der Waals surface area contributed by atoms with Crippen LogP contribution in [0, 0.1) is 18.8 Å². The first-order chi connectivity index (χ1) is 7.70. The minimum atomic E-state index is 0.577. The summed E-state index contributed by atoms with van der Waals surface area (Å²) in [5.74, 6) is 1.75. The van der Waals surface area contributed by atoms with E-state index in [0.717, 1.165) is 11.8 Å². The summed E-state index contributed by atoms with van der Waals surface area (Å²) in [5.41, 5.74) is 1.50. The number of rotatable bonds is 3. The van der Waals surface area contributed by atoms with Crippen LogP contribution in [-0.4, -0.2) is 7.05 Å². The monoisotopic (exact) mass is 237 g/mol. The molecular formula is C14H23NS. The molecule has 0 aromatic carbocycles. The van der Waals surface area contributed by atoms with Crippen LogP contribution in [0.5, 0.6) is 0 Å². The van der Waals surface area contributed by atoms with Gasteiger partial charge in [0.05, 0.1) is 0 Å². The van der Waals surface area contributed by atoms with Gasteiger partial charge in [0.25, 0.3) is 0 Å². The van der Waals surface area contributed by atoms with Crippen molar-refractivity contribution in [3.05, 3.63) is 21.9 Å². The molecule has 0 amide bonds.